The standard InChI is InChI=1S/C21H26ClNO3S/c1-27(24,25)20-10-8-19(9-11-20)26-13-3-12-23-21(17-6-7-17)15-16-4-2-5-18(22)14-16/h2,4-5,8-11,14,17,21,23H,3,6-7,12-13,15H2,1H3. The molecule has 1 aliphatic carbocycles. The van der Waals surface area contributed by atoms with Crippen molar-refractivity contribution in [3.05, 3.63) is 59.1 Å². The van der Waals surface area contributed by atoms with Gasteiger partial charge < -0.3 is 10.1 Å². The molecule has 0 aliphatic heterocycles. The van der Waals surface area contributed by atoms with Crippen LogP contribution in [0.25, 0.3) is 0 Å². The third kappa shape index (κ3) is 6.52. The van der Waals surface area contributed by atoms with E-state index in [2.05, 4.69) is 11.4 Å². The van der Waals surface area contributed by atoms with Crippen LogP contribution in [0.5, 0.6) is 5.75 Å². The van der Waals surface area contributed by atoms with Gasteiger partial charge >= 0.3 is 0 Å². The minimum absolute atomic E-state index is 0.310. The molecule has 0 bridgehead atoms. The summed E-state index contributed by atoms with van der Waals surface area (Å²) in [6.07, 6.45) is 5.68. The molecule has 0 heterocycles. The highest BCUT2D eigenvalue weighted by atomic mass is 35.5. The van der Waals surface area contributed by atoms with Gasteiger partial charge in [-0.2, -0.15) is 0 Å². The van der Waals surface area contributed by atoms with E-state index in [1.807, 2.05) is 18.2 Å². The summed E-state index contributed by atoms with van der Waals surface area (Å²) in [5.74, 6) is 1.45. The molecule has 4 nitrogen and oxygen atoms in total. The van der Waals surface area contributed by atoms with Gasteiger partial charge in [0.2, 0.25) is 0 Å². The van der Waals surface area contributed by atoms with Crippen LogP contribution in [0.3, 0.4) is 0 Å². The molecule has 1 atom stereocenters. The normalized spacial score (nSPS) is 15.5. The number of benzene rings is 2. The van der Waals surface area contributed by atoms with Gasteiger partial charge in [-0.15, -0.1) is 0 Å². The van der Waals surface area contributed by atoms with Crippen LogP contribution in [-0.4, -0.2) is 33.9 Å². The van der Waals surface area contributed by atoms with Crippen LogP contribution in [0.15, 0.2) is 53.4 Å². The van der Waals surface area contributed by atoms with Crippen molar-refractivity contribution in [2.24, 2.45) is 5.92 Å². The zero-order valence-electron chi connectivity index (χ0n) is 15.5. The summed E-state index contributed by atoms with van der Waals surface area (Å²) in [4.78, 5) is 0.310. The first-order valence-corrected chi connectivity index (χ1v) is 11.6. The SMILES string of the molecule is CS(=O)(=O)c1ccc(OCCCNC(Cc2cccc(Cl)c2)C2CC2)cc1. The lowest BCUT2D eigenvalue weighted by molar-refractivity contribution is 0.302. The number of ether oxygens (including phenoxy) is 1. The summed E-state index contributed by atoms with van der Waals surface area (Å²) >= 11 is 6.09. The Bertz CT molecular complexity index is 848. The molecule has 146 valence electrons. The van der Waals surface area contributed by atoms with E-state index in [1.165, 1.54) is 24.7 Å². The van der Waals surface area contributed by atoms with Crippen molar-refractivity contribution < 1.29 is 13.2 Å². The van der Waals surface area contributed by atoms with E-state index in [0.717, 1.165) is 30.3 Å². The quantitative estimate of drug-likeness (QED) is 0.602. The minimum Gasteiger partial charge on any atom is -0.494 e. The second-order valence-electron chi connectivity index (χ2n) is 7.18. The number of nitrogens with one attached hydrogen (secondary N) is 1. The van der Waals surface area contributed by atoms with Crippen molar-refractivity contribution in [1.29, 1.82) is 0 Å². The Morgan fingerprint density at radius 2 is 1.93 bits per heavy atom. The molecule has 0 radical (unpaired) electrons. The van der Waals surface area contributed by atoms with Crippen molar-refractivity contribution in [2.45, 2.75) is 36.6 Å². The van der Waals surface area contributed by atoms with Gasteiger partial charge in [0.1, 0.15) is 5.75 Å². The highest BCUT2D eigenvalue weighted by Gasteiger charge is 2.30. The zero-order chi connectivity index (χ0) is 19.3. The Balaban J connectivity index is 1.40. The number of sulfone groups is 1. The molecule has 0 saturated heterocycles. The van der Waals surface area contributed by atoms with E-state index in [9.17, 15) is 8.42 Å². The molecular formula is C21H26ClNO3S. The van der Waals surface area contributed by atoms with Crippen LogP contribution in [0, 0.1) is 5.92 Å². The van der Waals surface area contributed by atoms with Crippen molar-refractivity contribution in [3.8, 4) is 5.75 Å². The molecule has 1 N–H and O–H groups in total. The fourth-order valence-corrected chi connectivity index (χ4v) is 4.00. The number of hydrogen-bond donors (Lipinski definition) is 1. The third-order valence-corrected chi connectivity index (χ3v) is 6.15. The average molecular weight is 408 g/mol. The van der Waals surface area contributed by atoms with E-state index in [4.69, 9.17) is 16.3 Å². The largest absolute Gasteiger partial charge is 0.494 e. The van der Waals surface area contributed by atoms with Crippen LogP contribution >= 0.6 is 11.6 Å². The number of halogens is 1. The summed E-state index contributed by atoms with van der Waals surface area (Å²) in [5.41, 5.74) is 1.27. The summed E-state index contributed by atoms with van der Waals surface area (Å²) in [5, 5.41) is 4.45. The summed E-state index contributed by atoms with van der Waals surface area (Å²) in [6, 6.07) is 15.1. The topological polar surface area (TPSA) is 55.4 Å². The van der Waals surface area contributed by atoms with Crippen molar-refractivity contribution >= 4 is 21.4 Å². The molecule has 27 heavy (non-hydrogen) atoms. The average Bonchev–Trinajstić information content (AvgIpc) is 3.45. The lowest BCUT2D eigenvalue weighted by Crippen LogP contribution is -2.34. The molecule has 1 aliphatic rings. The minimum atomic E-state index is -3.16. The molecule has 3 rings (SSSR count). The van der Waals surface area contributed by atoms with Gasteiger partial charge in [0, 0.05) is 17.3 Å². The van der Waals surface area contributed by atoms with E-state index in [-0.39, 0.29) is 0 Å². The maximum absolute atomic E-state index is 11.5. The smallest absolute Gasteiger partial charge is 0.175 e. The molecule has 2 aromatic carbocycles. The van der Waals surface area contributed by atoms with Gasteiger partial charge in [-0.3, -0.25) is 0 Å². The molecule has 0 aromatic heterocycles. The highest BCUT2D eigenvalue weighted by molar-refractivity contribution is 7.90. The lowest BCUT2D eigenvalue weighted by atomic mass is 10.0. The second kappa shape index (κ2) is 9.09. The van der Waals surface area contributed by atoms with Crippen molar-refractivity contribution in [2.75, 3.05) is 19.4 Å². The molecule has 0 amide bonds. The first-order valence-electron chi connectivity index (χ1n) is 9.32. The van der Waals surface area contributed by atoms with Crippen molar-refractivity contribution in [1.82, 2.24) is 5.32 Å². The van der Waals surface area contributed by atoms with Crippen LogP contribution in [0.1, 0.15) is 24.8 Å². The molecular weight excluding hydrogens is 382 g/mol. The van der Waals surface area contributed by atoms with E-state index in [0.29, 0.717) is 23.3 Å². The van der Waals surface area contributed by atoms with Gasteiger partial charge in [0.25, 0.3) is 0 Å². The van der Waals surface area contributed by atoms with E-state index >= 15 is 0 Å². The zero-order valence-corrected chi connectivity index (χ0v) is 17.1. The summed E-state index contributed by atoms with van der Waals surface area (Å²) < 4.78 is 28.6. The maximum Gasteiger partial charge on any atom is 0.175 e. The predicted octanol–water partition coefficient (Wildman–Crippen LogP) is 4.12. The first-order chi connectivity index (χ1) is 12.9. The molecule has 1 fully saturated rings. The number of rotatable bonds is 10. The highest BCUT2D eigenvalue weighted by Crippen LogP contribution is 2.34. The van der Waals surface area contributed by atoms with Gasteiger partial charge in [0.05, 0.1) is 11.5 Å². The first kappa shape index (κ1) is 20.2. The third-order valence-electron chi connectivity index (χ3n) is 4.78. The van der Waals surface area contributed by atoms with Crippen LogP contribution in [-0.2, 0) is 16.3 Å². The van der Waals surface area contributed by atoms with Crippen LogP contribution in [0.2, 0.25) is 5.02 Å². The fourth-order valence-electron chi connectivity index (χ4n) is 3.15. The molecule has 1 saturated carbocycles. The lowest BCUT2D eigenvalue weighted by Gasteiger charge is -2.18. The van der Waals surface area contributed by atoms with Crippen LogP contribution in [0.4, 0.5) is 0 Å². The molecule has 6 heteroatoms. The Morgan fingerprint density at radius 1 is 1.19 bits per heavy atom. The monoisotopic (exact) mass is 407 g/mol. The predicted molar refractivity (Wildman–Crippen MR) is 109 cm³/mol. The summed E-state index contributed by atoms with van der Waals surface area (Å²) in [6.45, 7) is 1.49. The van der Waals surface area contributed by atoms with Crippen molar-refractivity contribution in [3.63, 3.8) is 0 Å². The van der Waals surface area contributed by atoms with E-state index in [1.54, 1.807) is 24.3 Å². The number of hydrogen-bond acceptors (Lipinski definition) is 4. The maximum atomic E-state index is 11.5. The summed E-state index contributed by atoms with van der Waals surface area (Å²) in [7, 11) is -3.16. The van der Waals surface area contributed by atoms with Gasteiger partial charge in [-0.1, -0.05) is 23.7 Å². The Labute approximate surface area is 166 Å². The van der Waals surface area contributed by atoms with Gasteiger partial charge in [0.15, 0.2) is 9.84 Å². The Hall–Kier alpha value is -1.56. The molecule has 0 spiro atoms. The van der Waals surface area contributed by atoms with Gasteiger partial charge in [-0.25, -0.2) is 8.42 Å². The fraction of sp³-hybridized carbons (Fsp3) is 0.429. The van der Waals surface area contributed by atoms with E-state index < -0.39 is 9.84 Å². The molecule has 1 unspecified atom stereocenters. The van der Waals surface area contributed by atoms with Gasteiger partial charge in [-0.05, 0) is 80.1 Å². The molecule has 2 aromatic rings. The Morgan fingerprint density at radius 3 is 2.56 bits per heavy atom. The second-order valence-corrected chi connectivity index (χ2v) is 9.63. The van der Waals surface area contributed by atoms with Crippen LogP contribution < -0.4 is 10.1 Å². The Kier molecular flexibility index (Phi) is 6.79.